The normalized spacial score (nSPS) is 11.3. The fraction of sp³-hybridized carbons (Fsp3) is 0.154. The van der Waals surface area contributed by atoms with Crippen LogP contribution in [0.5, 0.6) is 5.88 Å². The van der Waals surface area contributed by atoms with Crippen LogP contribution in [0.4, 0.5) is 13.2 Å². The van der Waals surface area contributed by atoms with E-state index >= 15 is 0 Å². The zero-order valence-electron chi connectivity index (χ0n) is 9.53. The van der Waals surface area contributed by atoms with Gasteiger partial charge < -0.3 is 4.74 Å². The third-order valence-electron chi connectivity index (χ3n) is 2.46. The molecule has 1 heterocycles. The van der Waals surface area contributed by atoms with Gasteiger partial charge in [0.1, 0.15) is 5.56 Å². The van der Waals surface area contributed by atoms with Crippen LogP contribution >= 0.6 is 0 Å². The highest BCUT2D eigenvalue weighted by atomic mass is 19.4. The van der Waals surface area contributed by atoms with Gasteiger partial charge in [-0.3, -0.25) is 0 Å². The quantitative estimate of drug-likeness (QED) is 0.812. The van der Waals surface area contributed by atoms with Gasteiger partial charge in [-0.1, -0.05) is 30.3 Å². The molecule has 0 fully saturated rings. The lowest BCUT2D eigenvalue weighted by atomic mass is 10.1. The smallest absolute Gasteiger partial charge is 0.421 e. The van der Waals surface area contributed by atoms with Gasteiger partial charge in [-0.15, -0.1) is 0 Å². The molecule has 0 N–H and O–H groups in total. The maximum Gasteiger partial charge on any atom is 0.421 e. The molecular weight excluding hydrogens is 243 g/mol. The Hall–Kier alpha value is -2.04. The van der Waals surface area contributed by atoms with Crippen LogP contribution in [0.15, 0.2) is 42.6 Å². The first-order chi connectivity index (χ1) is 8.52. The summed E-state index contributed by atoms with van der Waals surface area (Å²) in [5, 5.41) is 0. The Bertz CT molecular complexity index is 538. The zero-order chi connectivity index (χ0) is 13.2. The predicted octanol–water partition coefficient (Wildman–Crippen LogP) is 3.78. The van der Waals surface area contributed by atoms with E-state index in [1.165, 1.54) is 13.3 Å². The minimum atomic E-state index is -4.48. The van der Waals surface area contributed by atoms with E-state index in [9.17, 15) is 13.2 Å². The second-order valence-electron chi connectivity index (χ2n) is 3.64. The number of methoxy groups -OCH3 is 1. The van der Waals surface area contributed by atoms with Gasteiger partial charge in [-0.2, -0.15) is 13.2 Å². The van der Waals surface area contributed by atoms with Crippen molar-refractivity contribution in [2.24, 2.45) is 0 Å². The second-order valence-corrected chi connectivity index (χ2v) is 3.64. The average Bonchev–Trinajstić information content (AvgIpc) is 2.38. The van der Waals surface area contributed by atoms with E-state index in [2.05, 4.69) is 9.72 Å². The van der Waals surface area contributed by atoms with Gasteiger partial charge in [0.2, 0.25) is 5.88 Å². The number of rotatable bonds is 2. The molecule has 1 aromatic heterocycles. The van der Waals surface area contributed by atoms with E-state index in [0.717, 1.165) is 6.07 Å². The number of alkyl halides is 3. The molecular formula is C13H10F3NO. The molecule has 0 aliphatic heterocycles. The Balaban J connectivity index is 2.53. The van der Waals surface area contributed by atoms with Crippen LogP contribution < -0.4 is 4.74 Å². The Kier molecular flexibility index (Phi) is 3.23. The lowest BCUT2D eigenvalue weighted by molar-refractivity contribution is -0.139. The van der Waals surface area contributed by atoms with E-state index in [0.29, 0.717) is 11.1 Å². The van der Waals surface area contributed by atoms with Gasteiger partial charge in [0, 0.05) is 11.8 Å². The van der Waals surface area contributed by atoms with E-state index in [1.807, 2.05) is 0 Å². The second kappa shape index (κ2) is 4.68. The molecule has 0 aliphatic carbocycles. The number of ether oxygens (including phenoxy) is 1. The Labute approximate surface area is 102 Å². The molecule has 18 heavy (non-hydrogen) atoms. The number of halogens is 3. The van der Waals surface area contributed by atoms with Crippen LogP contribution in [0.1, 0.15) is 5.56 Å². The number of hydrogen-bond donors (Lipinski definition) is 0. The van der Waals surface area contributed by atoms with Crippen LogP contribution in [-0.4, -0.2) is 12.1 Å². The molecule has 0 radical (unpaired) electrons. The number of pyridine rings is 1. The minimum Gasteiger partial charge on any atom is -0.481 e. The fourth-order valence-electron chi connectivity index (χ4n) is 1.61. The summed E-state index contributed by atoms with van der Waals surface area (Å²) in [7, 11) is 1.17. The average molecular weight is 253 g/mol. The first-order valence-electron chi connectivity index (χ1n) is 5.19. The molecule has 2 rings (SSSR count). The van der Waals surface area contributed by atoms with E-state index in [1.54, 1.807) is 30.3 Å². The lowest BCUT2D eigenvalue weighted by Crippen LogP contribution is -2.09. The van der Waals surface area contributed by atoms with Crippen molar-refractivity contribution >= 4 is 0 Å². The Morgan fingerprint density at radius 2 is 1.72 bits per heavy atom. The summed E-state index contributed by atoms with van der Waals surface area (Å²) in [5.74, 6) is -0.415. The Morgan fingerprint density at radius 1 is 1.06 bits per heavy atom. The first kappa shape index (κ1) is 12.4. The Morgan fingerprint density at radius 3 is 2.28 bits per heavy atom. The molecule has 0 saturated heterocycles. The van der Waals surface area contributed by atoms with Crippen LogP contribution in [0.25, 0.3) is 11.1 Å². The molecule has 0 unspecified atom stereocenters. The summed E-state index contributed by atoms with van der Waals surface area (Å²) < 4.78 is 43.1. The number of aromatic nitrogens is 1. The third kappa shape index (κ3) is 2.45. The van der Waals surface area contributed by atoms with Crippen molar-refractivity contribution in [1.82, 2.24) is 4.98 Å². The number of benzene rings is 1. The maximum atomic E-state index is 12.8. The molecule has 0 saturated carbocycles. The van der Waals surface area contributed by atoms with Gasteiger partial charge in [0.15, 0.2) is 0 Å². The summed E-state index contributed by atoms with van der Waals surface area (Å²) in [6.45, 7) is 0. The van der Waals surface area contributed by atoms with E-state index in [-0.39, 0.29) is 0 Å². The topological polar surface area (TPSA) is 22.1 Å². The monoisotopic (exact) mass is 253 g/mol. The van der Waals surface area contributed by atoms with Crippen molar-refractivity contribution in [2.45, 2.75) is 6.18 Å². The molecule has 0 amide bonds. The molecule has 0 spiro atoms. The van der Waals surface area contributed by atoms with E-state index in [4.69, 9.17) is 0 Å². The summed E-state index contributed by atoms with van der Waals surface area (Å²) >= 11 is 0. The van der Waals surface area contributed by atoms with Crippen LogP contribution in [0.3, 0.4) is 0 Å². The molecule has 94 valence electrons. The summed E-state index contributed by atoms with van der Waals surface area (Å²) in [6, 6.07) is 9.80. The minimum absolute atomic E-state index is 0.406. The first-order valence-corrected chi connectivity index (χ1v) is 5.19. The van der Waals surface area contributed by atoms with Crippen molar-refractivity contribution in [3.8, 4) is 17.0 Å². The number of hydrogen-bond acceptors (Lipinski definition) is 2. The molecule has 1 aromatic carbocycles. The molecule has 2 aromatic rings. The summed E-state index contributed by atoms with van der Waals surface area (Å²) in [6.07, 6.45) is -3.12. The molecule has 2 nitrogen and oxygen atoms in total. The maximum absolute atomic E-state index is 12.8. The summed E-state index contributed by atoms with van der Waals surface area (Å²) in [4.78, 5) is 3.70. The van der Waals surface area contributed by atoms with Gasteiger partial charge in [-0.25, -0.2) is 4.98 Å². The van der Waals surface area contributed by atoms with Crippen molar-refractivity contribution in [3.63, 3.8) is 0 Å². The van der Waals surface area contributed by atoms with Gasteiger partial charge in [-0.05, 0) is 11.6 Å². The van der Waals surface area contributed by atoms with Crippen LogP contribution in [0, 0.1) is 0 Å². The van der Waals surface area contributed by atoms with Crippen LogP contribution in [-0.2, 0) is 6.18 Å². The SMILES string of the molecule is COc1ncc(-c2ccccc2)cc1C(F)(F)F. The van der Waals surface area contributed by atoms with Crippen molar-refractivity contribution < 1.29 is 17.9 Å². The van der Waals surface area contributed by atoms with Crippen molar-refractivity contribution in [3.05, 3.63) is 48.2 Å². The van der Waals surface area contributed by atoms with Crippen LogP contribution in [0.2, 0.25) is 0 Å². The lowest BCUT2D eigenvalue weighted by Gasteiger charge is -2.12. The van der Waals surface area contributed by atoms with E-state index < -0.39 is 17.6 Å². The largest absolute Gasteiger partial charge is 0.481 e. The predicted molar refractivity (Wildman–Crippen MR) is 61.2 cm³/mol. The van der Waals surface area contributed by atoms with Crippen molar-refractivity contribution in [1.29, 1.82) is 0 Å². The standard InChI is InChI=1S/C13H10F3NO/c1-18-12-11(13(14,15)16)7-10(8-17-12)9-5-3-2-4-6-9/h2-8H,1H3. The molecule has 5 heteroatoms. The van der Waals surface area contributed by atoms with Gasteiger partial charge in [0.25, 0.3) is 0 Å². The third-order valence-corrected chi connectivity index (χ3v) is 2.46. The highest BCUT2D eigenvalue weighted by molar-refractivity contribution is 5.64. The zero-order valence-corrected chi connectivity index (χ0v) is 9.53. The highest BCUT2D eigenvalue weighted by Gasteiger charge is 2.35. The number of nitrogens with zero attached hydrogens (tertiary/aromatic N) is 1. The highest BCUT2D eigenvalue weighted by Crippen LogP contribution is 2.37. The van der Waals surface area contributed by atoms with Crippen molar-refractivity contribution in [2.75, 3.05) is 7.11 Å². The molecule has 0 atom stereocenters. The molecule has 0 bridgehead atoms. The van der Waals surface area contributed by atoms with Gasteiger partial charge in [0.05, 0.1) is 7.11 Å². The fourth-order valence-corrected chi connectivity index (χ4v) is 1.61. The summed E-state index contributed by atoms with van der Waals surface area (Å²) in [5.41, 5.74) is 0.216. The molecule has 0 aliphatic rings. The van der Waals surface area contributed by atoms with Gasteiger partial charge >= 0.3 is 6.18 Å².